The number of rotatable bonds is 2. The van der Waals surface area contributed by atoms with Crippen molar-refractivity contribution in [2.24, 2.45) is 17.8 Å². The van der Waals surface area contributed by atoms with Gasteiger partial charge in [-0.1, -0.05) is 45.4 Å². The van der Waals surface area contributed by atoms with Crippen LogP contribution in [0.2, 0.25) is 0 Å². The van der Waals surface area contributed by atoms with Crippen molar-refractivity contribution in [3.8, 4) is 0 Å². The van der Waals surface area contributed by atoms with Gasteiger partial charge in [0.05, 0.1) is 0 Å². The minimum Gasteiger partial charge on any atom is -0.325 e. The normalized spacial score (nSPS) is 24.6. The van der Waals surface area contributed by atoms with Gasteiger partial charge in [-0.3, -0.25) is 0 Å². The summed E-state index contributed by atoms with van der Waals surface area (Å²) < 4.78 is 0. The summed E-state index contributed by atoms with van der Waals surface area (Å²) in [6.45, 7) is 12.4. The average Bonchev–Trinajstić information content (AvgIpc) is 2.19. The quantitative estimate of drug-likeness (QED) is 0.499. The zero-order valence-electron chi connectivity index (χ0n) is 11.0. The van der Waals surface area contributed by atoms with Crippen molar-refractivity contribution < 1.29 is 19.5 Å². The van der Waals surface area contributed by atoms with Gasteiger partial charge in [0.1, 0.15) is 0 Å². The second kappa shape index (κ2) is 10.7. The first-order chi connectivity index (χ1) is 6.61. The Balaban J connectivity index is 0. The van der Waals surface area contributed by atoms with Gasteiger partial charge >= 0.3 is 19.5 Å². The fourth-order valence-corrected chi connectivity index (χ4v) is 1.73. The van der Waals surface area contributed by atoms with Gasteiger partial charge in [0.15, 0.2) is 0 Å². The Kier molecular flexibility index (Phi) is 12.6. The fraction of sp³-hybridized carbons (Fsp3) is 0.714. The van der Waals surface area contributed by atoms with E-state index in [1.54, 1.807) is 6.08 Å². The Labute approximate surface area is 110 Å². The molecule has 0 aromatic rings. The maximum Gasteiger partial charge on any atom is 2.00 e. The van der Waals surface area contributed by atoms with Crippen molar-refractivity contribution in [3.05, 3.63) is 25.5 Å². The third-order valence-electron chi connectivity index (χ3n) is 2.93. The first kappa shape index (κ1) is 17.6. The molecule has 15 heavy (non-hydrogen) atoms. The predicted octanol–water partition coefficient (Wildman–Crippen LogP) is 4.68. The third-order valence-corrected chi connectivity index (χ3v) is 2.93. The topological polar surface area (TPSA) is 0 Å². The SMILES string of the molecule is C=C[CH-]C.CC1C[CH-]C(C(C)C)CC1.[Zn+2]. The standard InChI is InChI=1S/C10H19.C4H7.Zn/c1-8(2)10-6-4-9(3)5-7-10;1-3-4-2;/h6,8-10H,4-5,7H2,1-3H3;3-4H,1H2,2H3;/q2*-1;+2. The smallest absolute Gasteiger partial charge is 0.325 e. The van der Waals surface area contributed by atoms with Crippen LogP contribution in [0.3, 0.4) is 0 Å². The molecular weight excluding hydrogens is 234 g/mol. The summed E-state index contributed by atoms with van der Waals surface area (Å²) in [4.78, 5) is 0. The Bertz CT molecular complexity index is 132. The molecule has 0 N–H and O–H groups in total. The second-order valence-electron chi connectivity index (χ2n) is 4.63. The van der Waals surface area contributed by atoms with Crippen LogP contribution in [-0.2, 0) is 19.5 Å². The monoisotopic (exact) mass is 258 g/mol. The molecule has 0 heterocycles. The van der Waals surface area contributed by atoms with E-state index in [2.05, 4.69) is 33.8 Å². The van der Waals surface area contributed by atoms with Gasteiger partial charge in [-0.25, -0.2) is 19.1 Å². The minimum absolute atomic E-state index is 0. The van der Waals surface area contributed by atoms with Gasteiger partial charge in [-0.05, 0) is 0 Å². The van der Waals surface area contributed by atoms with Gasteiger partial charge in [0.2, 0.25) is 0 Å². The van der Waals surface area contributed by atoms with Crippen LogP contribution in [0.1, 0.15) is 47.0 Å². The molecule has 0 radical (unpaired) electrons. The molecule has 0 amide bonds. The Morgan fingerprint density at radius 1 is 1.40 bits per heavy atom. The third kappa shape index (κ3) is 9.18. The minimum atomic E-state index is 0. The van der Waals surface area contributed by atoms with E-state index in [1.165, 1.54) is 19.3 Å². The van der Waals surface area contributed by atoms with Crippen LogP contribution in [0.5, 0.6) is 0 Å². The molecule has 1 heteroatoms. The molecule has 0 saturated heterocycles. The fourth-order valence-electron chi connectivity index (χ4n) is 1.73. The van der Waals surface area contributed by atoms with E-state index in [0.717, 1.165) is 17.8 Å². The maximum atomic E-state index is 3.42. The summed E-state index contributed by atoms with van der Waals surface area (Å²) >= 11 is 0. The molecule has 1 rings (SSSR count). The molecule has 0 aromatic heterocycles. The van der Waals surface area contributed by atoms with Gasteiger partial charge < -0.3 is 6.42 Å². The van der Waals surface area contributed by atoms with Crippen LogP contribution in [0.25, 0.3) is 0 Å². The molecule has 84 valence electrons. The molecule has 1 fully saturated rings. The number of allylic oxidation sites excluding steroid dienone is 1. The van der Waals surface area contributed by atoms with Crippen molar-refractivity contribution in [3.63, 3.8) is 0 Å². The summed E-state index contributed by atoms with van der Waals surface area (Å²) in [5.74, 6) is 2.73. The zero-order valence-corrected chi connectivity index (χ0v) is 14.0. The van der Waals surface area contributed by atoms with E-state index in [-0.39, 0.29) is 19.5 Å². The van der Waals surface area contributed by atoms with E-state index in [0.29, 0.717) is 0 Å². The molecule has 0 bridgehead atoms. The molecule has 1 aliphatic rings. The Morgan fingerprint density at radius 3 is 2.20 bits per heavy atom. The van der Waals surface area contributed by atoms with Gasteiger partial charge in [-0.15, -0.1) is 6.92 Å². The molecule has 0 spiro atoms. The van der Waals surface area contributed by atoms with Crippen molar-refractivity contribution in [2.75, 3.05) is 0 Å². The van der Waals surface area contributed by atoms with Gasteiger partial charge in [0, 0.05) is 0 Å². The largest absolute Gasteiger partial charge is 2.00 e. The summed E-state index contributed by atoms with van der Waals surface area (Å²) in [7, 11) is 0. The van der Waals surface area contributed by atoms with E-state index < -0.39 is 0 Å². The zero-order chi connectivity index (χ0) is 11.0. The van der Waals surface area contributed by atoms with E-state index in [4.69, 9.17) is 0 Å². The first-order valence-corrected chi connectivity index (χ1v) is 5.85. The Morgan fingerprint density at radius 2 is 1.93 bits per heavy atom. The maximum absolute atomic E-state index is 3.42. The van der Waals surface area contributed by atoms with Crippen LogP contribution in [0.4, 0.5) is 0 Å². The summed E-state index contributed by atoms with van der Waals surface area (Å²) in [5.41, 5.74) is 0. The average molecular weight is 260 g/mol. The van der Waals surface area contributed by atoms with Crippen LogP contribution in [-0.4, -0.2) is 0 Å². The summed E-state index contributed by atoms with van der Waals surface area (Å²) in [5, 5.41) is 0. The molecule has 1 aliphatic carbocycles. The van der Waals surface area contributed by atoms with Crippen LogP contribution >= 0.6 is 0 Å². The second-order valence-corrected chi connectivity index (χ2v) is 4.63. The van der Waals surface area contributed by atoms with Crippen molar-refractivity contribution >= 4 is 0 Å². The predicted molar refractivity (Wildman–Crippen MR) is 65.8 cm³/mol. The van der Waals surface area contributed by atoms with E-state index in [9.17, 15) is 0 Å². The summed E-state index contributed by atoms with van der Waals surface area (Å²) in [6, 6.07) is 0. The number of hydrogen-bond donors (Lipinski definition) is 0. The first-order valence-electron chi connectivity index (χ1n) is 5.85. The molecule has 0 aromatic carbocycles. The van der Waals surface area contributed by atoms with Crippen molar-refractivity contribution in [1.82, 2.24) is 0 Å². The van der Waals surface area contributed by atoms with Crippen LogP contribution in [0.15, 0.2) is 12.7 Å². The molecule has 0 nitrogen and oxygen atoms in total. The van der Waals surface area contributed by atoms with E-state index >= 15 is 0 Å². The van der Waals surface area contributed by atoms with Crippen LogP contribution < -0.4 is 0 Å². The van der Waals surface area contributed by atoms with Crippen LogP contribution in [0, 0.1) is 30.6 Å². The summed E-state index contributed by atoms with van der Waals surface area (Å²) in [6.07, 6.45) is 10.4. The molecule has 1 saturated carbocycles. The van der Waals surface area contributed by atoms with E-state index in [1.807, 2.05) is 13.3 Å². The van der Waals surface area contributed by atoms with Crippen molar-refractivity contribution in [2.45, 2.75) is 47.0 Å². The molecule has 2 unspecified atom stereocenters. The molecule has 2 atom stereocenters. The van der Waals surface area contributed by atoms with Crippen molar-refractivity contribution in [1.29, 1.82) is 0 Å². The Hall–Kier alpha value is 0.233. The molecular formula is C14H26Zn. The number of hydrogen-bond acceptors (Lipinski definition) is 0. The van der Waals surface area contributed by atoms with Gasteiger partial charge in [0.25, 0.3) is 0 Å². The van der Waals surface area contributed by atoms with Gasteiger partial charge in [-0.2, -0.15) is 12.3 Å². The molecule has 0 aliphatic heterocycles.